The van der Waals surface area contributed by atoms with Crippen LogP contribution in [-0.4, -0.2) is 23.2 Å². The van der Waals surface area contributed by atoms with Gasteiger partial charge in [-0.2, -0.15) is 0 Å². The topological polar surface area (TPSA) is 75.6 Å². The van der Waals surface area contributed by atoms with Crippen LogP contribution in [0.2, 0.25) is 0 Å². The van der Waals surface area contributed by atoms with Gasteiger partial charge in [0.05, 0.1) is 0 Å². The van der Waals surface area contributed by atoms with Crippen LogP contribution in [0.25, 0.3) is 0 Å². The second kappa shape index (κ2) is 7.41. The number of alkyl carbamates (subject to hydrolysis) is 1. The molecule has 0 fully saturated rings. The summed E-state index contributed by atoms with van der Waals surface area (Å²) in [5.74, 6) is -1.20. The van der Waals surface area contributed by atoms with Gasteiger partial charge in [0.25, 0.3) is 0 Å². The number of ether oxygens (including phenoxy) is 1. The predicted molar refractivity (Wildman–Crippen MR) is 70.6 cm³/mol. The largest absolute Gasteiger partial charge is 0.480 e. The van der Waals surface area contributed by atoms with E-state index in [1.807, 2.05) is 37.3 Å². The summed E-state index contributed by atoms with van der Waals surface area (Å²) in [5, 5.41) is 11.4. The van der Waals surface area contributed by atoms with Gasteiger partial charge in [0, 0.05) is 0 Å². The van der Waals surface area contributed by atoms with E-state index < -0.39 is 18.1 Å². The highest BCUT2D eigenvalue weighted by Crippen LogP contribution is 2.08. The molecule has 2 atom stereocenters. The number of hydrogen-bond acceptors (Lipinski definition) is 3. The fourth-order valence-electron chi connectivity index (χ4n) is 1.57. The first kappa shape index (κ1) is 15.0. The van der Waals surface area contributed by atoms with Gasteiger partial charge in [-0.3, -0.25) is 0 Å². The van der Waals surface area contributed by atoms with E-state index in [4.69, 9.17) is 9.84 Å². The molecule has 0 aromatic heterocycles. The number of amides is 1. The summed E-state index contributed by atoms with van der Waals surface area (Å²) in [5.41, 5.74) is 0.855. The molecule has 19 heavy (non-hydrogen) atoms. The van der Waals surface area contributed by atoms with Crippen molar-refractivity contribution in [3.8, 4) is 0 Å². The molecular weight excluding hydrogens is 246 g/mol. The minimum absolute atomic E-state index is 0.125. The van der Waals surface area contributed by atoms with E-state index in [1.165, 1.54) is 0 Å². The minimum Gasteiger partial charge on any atom is -0.480 e. The number of carbonyl (C=O) groups excluding carboxylic acids is 1. The van der Waals surface area contributed by atoms with Crippen LogP contribution in [0.1, 0.15) is 25.8 Å². The number of carboxylic acids is 1. The molecule has 0 spiro atoms. The Balaban J connectivity index is 2.47. The number of aliphatic carboxylic acids is 1. The molecule has 0 aliphatic rings. The Bertz CT molecular complexity index is 419. The summed E-state index contributed by atoms with van der Waals surface area (Å²) in [4.78, 5) is 22.6. The van der Waals surface area contributed by atoms with E-state index in [-0.39, 0.29) is 12.5 Å². The third-order valence-electron chi connectivity index (χ3n) is 2.97. The summed E-state index contributed by atoms with van der Waals surface area (Å²) < 4.78 is 4.99. The lowest BCUT2D eigenvalue weighted by Crippen LogP contribution is -2.45. The zero-order chi connectivity index (χ0) is 14.3. The highest BCUT2D eigenvalue weighted by atomic mass is 16.5. The molecule has 0 radical (unpaired) electrons. The second-order valence-corrected chi connectivity index (χ2v) is 4.41. The van der Waals surface area contributed by atoms with E-state index in [2.05, 4.69) is 5.32 Å². The maximum atomic E-state index is 11.6. The normalized spacial score (nSPS) is 13.4. The summed E-state index contributed by atoms with van der Waals surface area (Å²) in [6.45, 7) is 3.77. The molecule has 0 heterocycles. The van der Waals surface area contributed by atoms with Crippen LogP contribution in [0.3, 0.4) is 0 Å². The first-order valence-corrected chi connectivity index (χ1v) is 6.24. The van der Waals surface area contributed by atoms with Crippen LogP contribution in [0.5, 0.6) is 0 Å². The molecule has 1 aromatic rings. The Kier molecular flexibility index (Phi) is 5.85. The van der Waals surface area contributed by atoms with E-state index in [9.17, 15) is 9.59 Å². The number of carbonyl (C=O) groups is 2. The quantitative estimate of drug-likeness (QED) is 0.828. The van der Waals surface area contributed by atoms with Crippen LogP contribution >= 0.6 is 0 Å². The van der Waals surface area contributed by atoms with Gasteiger partial charge in [0.1, 0.15) is 12.6 Å². The monoisotopic (exact) mass is 265 g/mol. The molecule has 1 aromatic carbocycles. The van der Waals surface area contributed by atoms with Crippen LogP contribution < -0.4 is 5.32 Å². The van der Waals surface area contributed by atoms with Crippen molar-refractivity contribution in [3.63, 3.8) is 0 Å². The summed E-state index contributed by atoms with van der Waals surface area (Å²) in [6, 6.07) is 8.29. The zero-order valence-electron chi connectivity index (χ0n) is 11.1. The van der Waals surface area contributed by atoms with Crippen LogP contribution in [0, 0.1) is 5.92 Å². The fourth-order valence-corrected chi connectivity index (χ4v) is 1.57. The summed E-state index contributed by atoms with van der Waals surface area (Å²) in [7, 11) is 0. The van der Waals surface area contributed by atoms with Crippen molar-refractivity contribution in [1.82, 2.24) is 5.32 Å². The van der Waals surface area contributed by atoms with E-state index in [0.29, 0.717) is 6.42 Å². The molecule has 0 aliphatic carbocycles. The van der Waals surface area contributed by atoms with Crippen molar-refractivity contribution in [2.45, 2.75) is 32.9 Å². The summed E-state index contributed by atoms with van der Waals surface area (Å²) in [6.07, 6.45) is -0.0489. The Morgan fingerprint density at radius 3 is 2.47 bits per heavy atom. The van der Waals surface area contributed by atoms with Crippen molar-refractivity contribution in [2.24, 2.45) is 5.92 Å². The molecule has 0 aliphatic heterocycles. The van der Waals surface area contributed by atoms with Gasteiger partial charge in [-0.25, -0.2) is 9.59 Å². The van der Waals surface area contributed by atoms with Crippen LogP contribution in [0.4, 0.5) is 4.79 Å². The first-order chi connectivity index (χ1) is 9.04. The number of rotatable bonds is 6. The molecule has 2 N–H and O–H groups in total. The lowest BCUT2D eigenvalue weighted by molar-refractivity contribution is -0.140. The van der Waals surface area contributed by atoms with Crippen LogP contribution in [0.15, 0.2) is 30.3 Å². The van der Waals surface area contributed by atoms with Gasteiger partial charge in [0.15, 0.2) is 0 Å². The second-order valence-electron chi connectivity index (χ2n) is 4.41. The number of carboxylic acid groups (broad SMARTS) is 1. The lowest BCUT2D eigenvalue weighted by Gasteiger charge is -2.19. The van der Waals surface area contributed by atoms with Gasteiger partial charge < -0.3 is 15.2 Å². The standard InChI is InChI=1S/C14H19NO4/c1-3-10(2)12(13(16)17)15-14(18)19-9-11-7-5-4-6-8-11/h4-8,10,12H,3,9H2,1-2H3,(H,15,18)(H,16,17)/t10-,12?/m0/s1. The summed E-state index contributed by atoms with van der Waals surface area (Å²) >= 11 is 0. The number of benzene rings is 1. The Hall–Kier alpha value is -2.04. The Labute approximate surface area is 112 Å². The lowest BCUT2D eigenvalue weighted by atomic mass is 10.00. The van der Waals surface area contributed by atoms with Gasteiger partial charge in [-0.15, -0.1) is 0 Å². The van der Waals surface area contributed by atoms with Crippen molar-refractivity contribution < 1.29 is 19.4 Å². The maximum Gasteiger partial charge on any atom is 0.408 e. The van der Waals surface area contributed by atoms with Gasteiger partial charge in [0.2, 0.25) is 0 Å². The SMILES string of the molecule is CC[C@H](C)C(NC(=O)OCc1ccccc1)C(=O)O. The molecular formula is C14H19NO4. The molecule has 1 amide bonds. The van der Waals surface area contributed by atoms with E-state index >= 15 is 0 Å². The van der Waals surface area contributed by atoms with Crippen molar-refractivity contribution >= 4 is 12.1 Å². The smallest absolute Gasteiger partial charge is 0.408 e. The molecule has 1 unspecified atom stereocenters. The minimum atomic E-state index is -1.05. The third kappa shape index (κ3) is 4.99. The Morgan fingerprint density at radius 1 is 1.32 bits per heavy atom. The molecule has 0 saturated heterocycles. The molecule has 0 bridgehead atoms. The molecule has 5 heteroatoms. The van der Waals surface area contributed by atoms with Crippen molar-refractivity contribution in [3.05, 3.63) is 35.9 Å². The van der Waals surface area contributed by atoms with E-state index in [0.717, 1.165) is 5.56 Å². The zero-order valence-corrected chi connectivity index (χ0v) is 11.1. The van der Waals surface area contributed by atoms with Crippen LogP contribution in [-0.2, 0) is 16.1 Å². The van der Waals surface area contributed by atoms with Gasteiger partial charge in [-0.05, 0) is 11.5 Å². The predicted octanol–water partition coefficient (Wildman–Crippen LogP) is 2.41. The number of hydrogen-bond donors (Lipinski definition) is 2. The van der Waals surface area contributed by atoms with E-state index in [1.54, 1.807) is 6.92 Å². The maximum absolute atomic E-state index is 11.6. The molecule has 0 saturated carbocycles. The average molecular weight is 265 g/mol. The van der Waals surface area contributed by atoms with Gasteiger partial charge in [-0.1, -0.05) is 50.6 Å². The Morgan fingerprint density at radius 2 is 1.95 bits per heavy atom. The highest BCUT2D eigenvalue weighted by Gasteiger charge is 2.25. The molecule has 5 nitrogen and oxygen atoms in total. The van der Waals surface area contributed by atoms with Crippen molar-refractivity contribution in [1.29, 1.82) is 0 Å². The fraction of sp³-hybridized carbons (Fsp3) is 0.429. The molecule has 1 rings (SSSR count). The third-order valence-corrected chi connectivity index (χ3v) is 2.97. The first-order valence-electron chi connectivity index (χ1n) is 6.24. The molecule has 104 valence electrons. The number of nitrogens with one attached hydrogen (secondary N) is 1. The highest BCUT2D eigenvalue weighted by molar-refractivity contribution is 5.80. The van der Waals surface area contributed by atoms with Crippen molar-refractivity contribution in [2.75, 3.05) is 0 Å². The van der Waals surface area contributed by atoms with Gasteiger partial charge >= 0.3 is 12.1 Å². The average Bonchev–Trinajstić information content (AvgIpc) is 2.42.